The number of hydrogen-bond acceptors (Lipinski definition) is 6. The van der Waals surface area contributed by atoms with Crippen molar-refractivity contribution in [2.24, 2.45) is 5.10 Å². The molecule has 0 bridgehead atoms. The number of non-ortho nitro benzene ring substituents is 1. The van der Waals surface area contributed by atoms with Crippen LogP contribution in [0.3, 0.4) is 0 Å². The standard InChI is InChI=1S/C18H19BrN4O4S/c1-27-16-8-4-14(5-9-16)20-18(28)22(10-11-24)21-17(12-19)13-2-6-15(7-3-13)23(25)26/h2-9,24H,10-12H2,1H3,(H,20,28)/b21-17-. The average molecular weight is 467 g/mol. The molecule has 28 heavy (non-hydrogen) atoms. The van der Waals surface area contributed by atoms with Gasteiger partial charge in [0.05, 0.1) is 30.9 Å². The average Bonchev–Trinajstić information content (AvgIpc) is 2.71. The highest BCUT2D eigenvalue weighted by molar-refractivity contribution is 9.09. The van der Waals surface area contributed by atoms with E-state index < -0.39 is 4.92 Å². The molecule has 0 heterocycles. The molecule has 10 heteroatoms. The van der Waals surface area contributed by atoms with Crippen LogP contribution >= 0.6 is 28.1 Å². The second kappa shape index (κ2) is 10.7. The zero-order valence-electron chi connectivity index (χ0n) is 15.0. The Morgan fingerprint density at radius 2 is 1.93 bits per heavy atom. The van der Waals surface area contributed by atoms with Crippen LogP contribution in [0.15, 0.2) is 53.6 Å². The van der Waals surface area contributed by atoms with E-state index in [2.05, 4.69) is 26.3 Å². The van der Waals surface area contributed by atoms with E-state index in [9.17, 15) is 15.2 Å². The Bertz CT molecular complexity index is 844. The number of methoxy groups -OCH3 is 1. The van der Waals surface area contributed by atoms with Crippen molar-refractivity contribution in [1.82, 2.24) is 5.01 Å². The van der Waals surface area contributed by atoms with Crippen LogP contribution in [0.2, 0.25) is 0 Å². The molecule has 0 aliphatic carbocycles. The van der Waals surface area contributed by atoms with E-state index in [1.54, 1.807) is 31.4 Å². The Balaban J connectivity index is 2.21. The molecule has 8 nitrogen and oxygen atoms in total. The van der Waals surface area contributed by atoms with E-state index in [0.29, 0.717) is 21.7 Å². The van der Waals surface area contributed by atoms with Crippen LogP contribution in [0.1, 0.15) is 5.56 Å². The summed E-state index contributed by atoms with van der Waals surface area (Å²) in [6, 6.07) is 13.3. The summed E-state index contributed by atoms with van der Waals surface area (Å²) in [5.74, 6) is 0.724. The predicted octanol–water partition coefficient (Wildman–Crippen LogP) is 3.39. The van der Waals surface area contributed by atoms with Crippen LogP contribution < -0.4 is 10.1 Å². The third kappa shape index (κ3) is 5.98. The second-order valence-electron chi connectivity index (χ2n) is 5.49. The number of alkyl halides is 1. The zero-order chi connectivity index (χ0) is 20.5. The normalized spacial score (nSPS) is 11.0. The third-order valence-corrected chi connectivity index (χ3v) is 4.51. The van der Waals surface area contributed by atoms with Gasteiger partial charge >= 0.3 is 0 Å². The summed E-state index contributed by atoms with van der Waals surface area (Å²) in [7, 11) is 1.59. The molecule has 2 N–H and O–H groups in total. The summed E-state index contributed by atoms with van der Waals surface area (Å²) in [4.78, 5) is 10.4. The molecule has 0 aliphatic heterocycles. The monoisotopic (exact) mass is 466 g/mol. The third-order valence-electron chi connectivity index (χ3n) is 3.67. The number of nitrogens with one attached hydrogen (secondary N) is 1. The van der Waals surface area contributed by atoms with Gasteiger partial charge in [0, 0.05) is 23.2 Å². The van der Waals surface area contributed by atoms with Gasteiger partial charge in [-0.05, 0) is 54.2 Å². The highest BCUT2D eigenvalue weighted by atomic mass is 79.9. The van der Waals surface area contributed by atoms with Gasteiger partial charge in [-0.2, -0.15) is 5.10 Å². The molecule has 2 aromatic carbocycles. The molecular weight excluding hydrogens is 448 g/mol. The van der Waals surface area contributed by atoms with Crippen LogP contribution in [0.25, 0.3) is 0 Å². The van der Waals surface area contributed by atoms with Crippen molar-refractivity contribution in [2.45, 2.75) is 0 Å². The highest BCUT2D eigenvalue weighted by Gasteiger charge is 2.13. The van der Waals surface area contributed by atoms with Crippen LogP contribution in [0.5, 0.6) is 5.75 Å². The summed E-state index contributed by atoms with van der Waals surface area (Å²) >= 11 is 8.80. The Morgan fingerprint density at radius 1 is 1.29 bits per heavy atom. The fraction of sp³-hybridized carbons (Fsp3) is 0.222. The Hall–Kier alpha value is -2.56. The van der Waals surface area contributed by atoms with E-state index in [4.69, 9.17) is 17.0 Å². The number of halogens is 1. The number of anilines is 1. The SMILES string of the molecule is COc1ccc(NC(=S)N(CCO)/N=C(/CBr)c2ccc([N+](=O)[O-])cc2)cc1. The Morgan fingerprint density at radius 3 is 2.43 bits per heavy atom. The van der Waals surface area contributed by atoms with Crippen molar-refractivity contribution >= 4 is 50.3 Å². The molecule has 0 amide bonds. The zero-order valence-corrected chi connectivity index (χ0v) is 17.4. The van der Waals surface area contributed by atoms with E-state index >= 15 is 0 Å². The van der Waals surface area contributed by atoms with Gasteiger partial charge in [0.25, 0.3) is 5.69 Å². The molecule has 0 saturated heterocycles. The second-order valence-corrected chi connectivity index (χ2v) is 6.44. The van der Waals surface area contributed by atoms with Crippen molar-refractivity contribution < 1.29 is 14.8 Å². The number of rotatable bonds is 8. The quantitative estimate of drug-likeness (QED) is 0.202. The Kier molecular flexibility index (Phi) is 8.30. The first-order chi connectivity index (χ1) is 13.5. The fourth-order valence-corrected chi connectivity index (χ4v) is 2.92. The van der Waals surface area contributed by atoms with Gasteiger partial charge in [-0.25, -0.2) is 5.01 Å². The van der Waals surface area contributed by atoms with Gasteiger partial charge in [0.2, 0.25) is 0 Å². The van der Waals surface area contributed by atoms with Crippen LogP contribution in [-0.4, -0.2) is 51.5 Å². The number of nitrogens with zero attached hydrogens (tertiary/aromatic N) is 3. The first kappa shape index (κ1) is 21.7. The molecule has 0 radical (unpaired) electrons. The molecule has 0 aliphatic rings. The molecule has 0 spiro atoms. The summed E-state index contributed by atoms with van der Waals surface area (Å²) in [5.41, 5.74) is 2.07. The minimum atomic E-state index is -0.458. The maximum Gasteiger partial charge on any atom is 0.269 e. The molecular formula is C18H19BrN4O4S. The maximum atomic E-state index is 10.8. The molecule has 0 saturated carbocycles. The van der Waals surface area contributed by atoms with E-state index in [1.807, 2.05) is 12.1 Å². The number of benzene rings is 2. The first-order valence-electron chi connectivity index (χ1n) is 8.20. The van der Waals surface area contributed by atoms with E-state index in [0.717, 1.165) is 11.4 Å². The predicted molar refractivity (Wildman–Crippen MR) is 116 cm³/mol. The smallest absolute Gasteiger partial charge is 0.269 e. The number of aliphatic hydroxyl groups excluding tert-OH is 1. The van der Waals surface area contributed by atoms with Crippen molar-refractivity contribution in [2.75, 3.05) is 30.9 Å². The van der Waals surface area contributed by atoms with Crippen LogP contribution in [0.4, 0.5) is 11.4 Å². The maximum absolute atomic E-state index is 10.8. The topological polar surface area (TPSA) is 100 Å². The summed E-state index contributed by atoms with van der Waals surface area (Å²) in [6.45, 7) is 0.0369. The largest absolute Gasteiger partial charge is 0.497 e. The minimum Gasteiger partial charge on any atom is -0.497 e. The van der Waals surface area contributed by atoms with Gasteiger partial charge in [-0.15, -0.1) is 0 Å². The van der Waals surface area contributed by atoms with Gasteiger partial charge in [-0.1, -0.05) is 15.9 Å². The van der Waals surface area contributed by atoms with Crippen LogP contribution in [0, 0.1) is 10.1 Å². The molecule has 0 atom stereocenters. The van der Waals surface area contributed by atoms with Gasteiger partial charge < -0.3 is 15.2 Å². The van der Waals surface area contributed by atoms with Crippen molar-refractivity contribution in [3.63, 3.8) is 0 Å². The van der Waals surface area contributed by atoms with E-state index in [-0.39, 0.29) is 18.8 Å². The molecule has 148 valence electrons. The summed E-state index contributed by atoms with van der Waals surface area (Å²) < 4.78 is 5.13. The van der Waals surface area contributed by atoms with Crippen molar-refractivity contribution in [1.29, 1.82) is 0 Å². The number of nitro groups is 1. The molecule has 2 aromatic rings. The van der Waals surface area contributed by atoms with Crippen LogP contribution in [-0.2, 0) is 0 Å². The van der Waals surface area contributed by atoms with Gasteiger partial charge in [-0.3, -0.25) is 10.1 Å². The molecule has 0 aromatic heterocycles. The molecule has 2 rings (SSSR count). The lowest BCUT2D eigenvalue weighted by atomic mass is 10.1. The number of hydrogen-bond donors (Lipinski definition) is 2. The lowest BCUT2D eigenvalue weighted by Crippen LogP contribution is -2.34. The first-order valence-corrected chi connectivity index (χ1v) is 9.73. The number of nitro benzene ring substituents is 1. The number of ether oxygens (including phenoxy) is 1. The highest BCUT2D eigenvalue weighted by Crippen LogP contribution is 2.17. The lowest BCUT2D eigenvalue weighted by Gasteiger charge is -2.21. The number of aliphatic hydroxyl groups is 1. The number of thiocarbonyl (C=S) groups is 1. The van der Waals surface area contributed by atoms with Gasteiger partial charge in [0.15, 0.2) is 5.11 Å². The summed E-state index contributed by atoms with van der Waals surface area (Å²) in [6.07, 6.45) is 0. The van der Waals surface area contributed by atoms with Gasteiger partial charge in [0.1, 0.15) is 5.75 Å². The fourth-order valence-electron chi connectivity index (χ4n) is 2.24. The molecule has 0 unspecified atom stereocenters. The van der Waals surface area contributed by atoms with E-state index in [1.165, 1.54) is 17.1 Å². The summed E-state index contributed by atoms with van der Waals surface area (Å²) in [5, 5.41) is 29.9. The van der Waals surface area contributed by atoms with Crippen molar-refractivity contribution in [3.05, 3.63) is 64.2 Å². The minimum absolute atomic E-state index is 0.00146. The number of hydrazone groups is 1. The lowest BCUT2D eigenvalue weighted by molar-refractivity contribution is -0.384. The van der Waals surface area contributed by atoms with Crippen molar-refractivity contribution in [3.8, 4) is 5.75 Å². The molecule has 0 fully saturated rings. The Labute approximate surface area is 176 Å².